The van der Waals surface area contributed by atoms with Crippen LogP contribution in [0.4, 0.5) is 10.2 Å². The number of halogens is 1. The first-order valence-corrected chi connectivity index (χ1v) is 9.51. The number of aliphatic hydroxyl groups excluding tert-OH is 1. The number of hydrogen-bond acceptors (Lipinski definition) is 5. The first kappa shape index (κ1) is 18.5. The number of aromatic nitrogens is 2. The molecule has 0 radical (unpaired) electrons. The number of rotatable bonds is 5. The summed E-state index contributed by atoms with van der Waals surface area (Å²) in [6.45, 7) is 4.34. The molecule has 1 aliphatic rings. The van der Waals surface area contributed by atoms with Gasteiger partial charge in [-0.3, -0.25) is 4.90 Å². The molecule has 5 nitrogen and oxygen atoms in total. The molecule has 0 saturated carbocycles. The van der Waals surface area contributed by atoms with Crippen LogP contribution in [-0.2, 0) is 0 Å². The van der Waals surface area contributed by atoms with Crippen molar-refractivity contribution >= 4 is 5.82 Å². The van der Waals surface area contributed by atoms with Crippen LogP contribution in [0, 0.1) is 5.82 Å². The molecule has 1 fully saturated rings. The van der Waals surface area contributed by atoms with Gasteiger partial charge in [0.15, 0.2) is 5.82 Å². The summed E-state index contributed by atoms with van der Waals surface area (Å²) >= 11 is 0. The van der Waals surface area contributed by atoms with Gasteiger partial charge in [-0.05, 0) is 24.3 Å². The molecule has 0 aliphatic carbocycles. The van der Waals surface area contributed by atoms with Crippen molar-refractivity contribution in [3.05, 3.63) is 66.5 Å². The fourth-order valence-corrected chi connectivity index (χ4v) is 3.42. The molecule has 3 aromatic rings. The lowest BCUT2D eigenvalue weighted by molar-refractivity contribution is 0.188. The van der Waals surface area contributed by atoms with Gasteiger partial charge in [-0.25, -0.2) is 14.4 Å². The smallest absolute Gasteiger partial charge is 0.162 e. The zero-order valence-corrected chi connectivity index (χ0v) is 15.6. The van der Waals surface area contributed by atoms with Crippen LogP contribution in [0.15, 0.2) is 60.7 Å². The Morgan fingerprint density at radius 3 is 2.25 bits per heavy atom. The molecule has 0 unspecified atom stereocenters. The van der Waals surface area contributed by atoms with E-state index in [2.05, 4.69) is 9.80 Å². The highest BCUT2D eigenvalue weighted by molar-refractivity contribution is 5.68. The van der Waals surface area contributed by atoms with Crippen molar-refractivity contribution < 1.29 is 9.50 Å². The molecule has 0 bridgehead atoms. The van der Waals surface area contributed by atoms with E-state index in [1.54, 1.807) is 12.1 Å². The second-order valence-electron chi connectivity index (χ2n) is 6.86. The third kappa shape index (κ3) is 4.18. The van der Waals surface area contributed by atoms with Crippen LogP contribution in [0.3, 0.4) is 0 Å². The van der Waals surface area contributed by atoms with Crippen LogP contribution in [0.2, 0.25) is 0 Å². The maximum atomic E-state index is 13.4. The molecule has 2 heterocycles. The lowest BCUT2D eigenvalue weighted by Crippen LogP contribution is -2.47. The maximum Gasteiger partial charge on any atom is 0.162 e. The van der Waals surface area contributed by atoms with Crippen molar-refractivity contribution in [2.75, 3.05) is 44.2 Å². The molecule has 0 amide bonds. The van der Waals surface area contributed by atoms with Gasteiger partial charge in [0.05, 0.1) is 12.3 Å². The zero-order chi connectivity index (χ0) is 19.3. The second-order valence-corrected chi connectivity index (χ2v) is 6.86. The molecule has 1 aromatic heterocycles. The van der Waals surface area contributed by atoms with E-state index < -0.39 is 0 Å². The topological polar surface area (TPSA) is 52.5 Å². The average molecular weight is 378 g/mol. The van der Waals surface area contributed by atoms with Crippen molar-refractivity contribution in [2.24, 2.45) is 0 Å². The van der Waals surface area contributed by atoms with E-state index in [0.29, 0.717) is 12.4 Å². The van der Waals surface area contributed by atoms with Crippen molar-refractivity contribution in [2.45, 2.75) is 0 Å². The van der Waals surface area contributed by atoms with Crippen LogP contribution in [0.5, 0.6) is 0 Å². The second kappa shape index (κ2) is 8.46. The predicted octanol–water partition coefficient (Wildman–Crippen LogP) is 3.06. The summed E-state index contributed by atoms with van der Waals surface area (Å²) in [5.74, 6) is 1.27. The Kier molecular flexibility index (Phi) is 5.60. The summed E-state index contributed by atoms with van der Waals surface area (Å²) in [5, 5.41) is 9.14. The highest BCUT2D eigenvalue weighted by Gasteiger charge is 2.19. The molecular formula is C22H23FN4O. The van der Waals surface area contributed by atoms with E-state index in [-0.39, 0.29) is 12.4 Å². The molecule has 2 aromatic carbocycles. The Bertz CT molecular complexity index is 910. The number of nitrogens with zero attached hydrogens (tertiary/aromatic N) is 4. The van der Waals surface area contributed by atoms with Gasteiger partial charge in [0, 0.05) is 49.9 Å². The van der Waals surface area contributed by atoms with Crippen LogP contribution in [-0.4, -0.2) is 59.3 Å². The van der Waals surface area contributed by atoms with Gasteiger partial charge >= 0.3 is 0 Å². The normalized spacial score (nSPS) is 15.0. The van der Waals surface area contributed by atoms with Gasteiger partial charge < -0.3 is 10.0 Å². The monoisotopic (exact) mass is 378 g/mol. The van der Waals surface area contributed by atoms with Gasteiger partial charge in [-0.2, -0.15) is 0 Å². The third-order valence-corrected chi connectivity index (χ3v) is 5.00. The summed E-state index contributed by atoms with van der Waals surface area (Å²) in [7, 11) is 0. The van der Waals surface area contributed by atoms with E-state index in [0.717, 1.165) is 48.8 Å². The van der Waals surface area contributed by atoms with Crippen molar-refractivity contribution in [1.29, 1.82) is 0 Å². The molecule has 0 atom stereocenters. The molecule has 1 N–H and O–H groups in total. The minimum absolute atomic E-state index is 0.181. The molecule has 1 saturated heterocycles. The van der Waals surface area contributed by atoms with Crippen LogP contribution in [0.1, 0.15) is 0 Å². The van der Waals surface area contributed by atoms with Crippen LogP contribution in [0.25, 0.3) is 22.6 Å². The SMILES string of the molecule is OCCN1CCN(c2cc(-c3ccc(F)cc3)nc(-c3ccccc3)n2)CC1. The van der Waals surface area contributed by atoms with Crippen molar-refractivity contribution in [1.82, 2.24) is 14.9 Å². The van der Waals surface area contributed by atoms with E-state index in [9.17, 15) is 4.39 Å². The van der Waals surface area contributed by atoms with E-state index in [1.165, 1.54) is 12.1 Å². The Morgan fingerprint density at radius 1 is 0.857 bits per heavy atom. The number of anilines is 1. The third-order valence-electron chi connectivity index (χ3n) is 5.00. The molecule has 1 aliphatic heterocycles. The minimum atomic E-state index is -0.263. The zero-order valence-electron chi connectivity index (χ0n) is 15.6. The van der Waals surface area contributed by atoms with E-state index >= 15 is 0 Å². The highest BCUT2D eigenvalue weighted by atomic mass is 19.1. The minimum Gasteiger partial charge on any atom is -0.395 e. The highest BCUT2D eigenvalue weighted by Crippen LogP contribution is 2.27. The summed E-state index contributed by atoms with van der Waals surface area (Å²) in [4.78, 5) is 14.0. The quantitative estimate of drug-likeness (QED) is 0.740. The number of benzene rings is 2. The number of hydrogen-bond donors (Lipinski definition) is 1. The molecule has 4 rings (SSSR count). The van der Waals surface area contributed by atoms with Crippen molar-refractivity contribution in [3.8, 4) is 22.6 Å². The fraction of sp³-hybridized carbons (Fsp3) is 0.273. The molecule has 144 valence electrons. The lowest BCUT2D eigenvalue weighted by atomic mass is 10.1. The van der Waals surface area contributed by atoms with Gasteiger partial charge in [-0.15, -0.1) is 0 Å². The predicted molar refractivity (Wildman–Crippen MR) is 109 cm³/mol. The summed E-state index contributed by atoms with van der Waals surface area (Å²) in [6.07, 6.45) is 0. The lowest BCUT2D eigenvalue weighted by Gasteiger charge is -2.35. The number of piperazine rings is 1. The van der Waals surface area contributed by atoms with E-state index in [1.807, 2.05) is 36.4 Å². The molecule has 0 spiro atoms. The Labute approximate surface area is 164 Å². The first-order valence-electron chi connectivity index (χ1n) is 9.51. The van der Waals surface area contributed by atoms with Crippen molar-refractivity contribution in [3.63, 3.8) is 0 Å². The summed E-state index contributed by atoms with van der Waals surface area (Å²) in [5.41, 5.74) is 2.59. The molecular weight excluding hydrogens is 355 g/mol. The van der Waals surface area contributed by atoms with Crippen LogP contribution < -0.4 is 4.90 Å². The Morgan fingerprint density at radius 2 is 1.57 bits per heavy atom. The number of β-amino-alcohol motifs (C(OH)–C–C–N with tert-alkyl or cyclic N) is 1. The average Bonchev–Trinajstić information content (AvgIpc) is 2.75. The maximum absolute atomic E-state index is 13.4. The molecule has 6 heteroatoms. The fourth-order valence-electron chi connectivity index (χ4n) is 3.42. The number of aliphatic hydroxyl groups is 1. The summed E-state index contributed by atoms with van der Waals surface area (Å²) in [6, 6.07) is 18.3. The van der Waals surface area contributed by atoms with Gasteiger partial charge in [0.1, 0.15) is 11.6 Å². The van der Waals surface area contributed by atoms with Gasteiger partial charge in [-0.1, -0.05) is 30.3 Å². The largest absolute Gasteiger partial charge is 0.395 e. The van der Waals surface area contributed by atoms with Gasteiger partial charge in [0.2, 0.25) is 0 Å². The standard InChI is InChI=1S/C22H23FN4O/c23-19-8-6-17(7-9-19)20-16-21(27-12-10-26(11-13-27)14-15-28)25-22(24-20)18-4-2-1-3-5-18/h1-9,16,28H,10-15H2. The Balaban J connectivity index is 1.69. The first-order chi connectivity index (χ1) is 13.7. The van der Waals surface area contributed by atoms with Crippen LogP contribution >= 0.6 is 0 Å². The van der Waals surface area contributed by atoms with Gasteiger partial charge in [0.25, 0.3) is 0 Å². The molecule has 28 heavy (non-hydrogen) atoms. The summed E-state index contributed by atoms with van der Waals surface area (Å²) < 4.78 is 13.4. The van der Waals surface area contributed by atoms with E-state index in [4.69, 9.17) is 15.1 Å². The Hall–Kier alpha value is -2.83.